The second-order valence-electron chi connectivity index (χ2n) is 4.10. The molecule has 2 rings (SSSR count). The minimum atomic E-state index is -0.743. The van der Waals surface area contributed by atoms with Crippen LogP contribution < -0.4 is 17.2 Å². The van der Waals surface area contributed by atoms with Gasteiger partial charge in [-0.25, -0.2) is 4.90 Å². The van der Waals surface area contributed by atoms with Crippen LogP contribution in [0.25, 0.3) is 0 Å². The van der Waals surface area contributed by atoms with Crippen molar-refractivity contribution in [1.82, 2.24) is 4.90 Å². The number of likely N-dealkylation sites (tertiary alicyclic amines) is 1. The molecule has 2 atom stereocenters. The minimum Gasteiger partial charge on any atom is -0.658 e. The minimum absolute atomic E-state index is 0.0711. The van der Waals surface area contributed by atoms with Crippen LogP contribution in [0.2, 0.25) is 0 Å². The summed E-state index contributed by atoms with van der Waals surface area (Å²) in [5.74, 6) is -0.307. The van der Waals surface area contributed by atoms with Gasteiger partial charge in [0.2, 0.25) is 0 Å². The molecule has 8 nitrogen and oxygen atoms in total. The van der Waals surface area contributed by atoms with E-state index in [9.17, 15) is 10.4 Å². The number of nitrogens with zero attached hydrogens (tertiary/aromatic N) is 3. The molecule has 0 bridgehead atoms. The summed E-state index contributed by atoms with van der Waals surface area (Å²) in [6.45, 7) is 1.50. The number of rotatable bonds is 1. The Kier molecular flexibility index (Phi) is 2.60. The number of azo groups is 1. The summed E-state index contributed by atoms with van der Waals surface area (Å²) >= 11 is 0. The highest BCUT2D eigenvalue weighted by molar-refractivity contribution is 5.11. The fraction of sp³-hybridized carbons (Fsp3) is 0.750. The molecule has 2 aliphatic rings. The van der Waals surface area contributed by atoms with E-state index in [0.717, 1.165) is 25.9 Å². The number of hydrogen-bond donors (Lipinski definition) is 3. The third-order valence-corrected chi connectivity index (χ3v) is 3.10. The highest BCUT2D eigenvalue weighted by Crippen LogP contribution is 2.20. The summed E-state index contributed by atoms with van der Waals surface area (Å²) < 4.78 is 0. The van der Waals surface area contributed by atoms with E-state index in [2.05, 4.69) is 0 Å². The lowest BCUT2D eigenvalue weighted by molar-refractivity contribution is -0.975. The van der Waals surface area contributed by atoms with Gasteiger partial charge in [0, 0.05) is 18.0 Å². The molecular weight excluding hydrogens is 212 g/mol. The lowest BCUT2D eigenvalue weighted by Gasteiger charge is -2.31. The quantitative estimate of drug-likeness (QED) is 0.362. The molecule has 6 N–H and O–H groups in total. The van der Waals surface area contributed by atoms with Crippen molar-refractivity contribution in [2.75, 3.05) is 13.1 Å². The van der Waals surface area contributed by atoms with Gasteiger partial charge in [-0.05, 0) is 17.7 Å². The average molecular weight is 228 g/mol. The molecule has 1 saturated heterocycles. The first-order valence-electron chi connectivity index (χ1n) is 5.22. The van der Waals surface area contributed by atoms with Crippen molar-refractivity contribution in [3.05, 3.63) is 21.9 Å². The first kappa shape index (κ1) is 11.0. The van der Waals surface area contributed by atoms with Crippen LogP contribution in [0.3, 0.4) is 0 Å². The maximum Gasteiger partial charge on any atom is 0.355 e. The van der Waals surface area contributed by atoms with Crippen LogP contribution in [0, 0.1) is 10.4 Å². The highest BCUT2D eigenvalue weighted by atomic mass is 16.6. The predicted octanol–water partition coefficient (Wildman–Crippen LogP) is -1.69. The Balaban J connectivity index is 2.33. The van der Waals surface area contributed by atoms with Crippen LogP contribution in [0.15, 0.2) is 11.5 Å². The molecule has 1 fully saturated rings. The zero-order valence-corrected chi connectivity index (χ0v) is 8.87. The van der Waals surface area contributed by atoms with Gasteiger partial charge in [-0.1, -0.05) is 0 Å². The maximum atomic E-state index is 11.7. The first-order valence-corrected chi connectivity index (χ1v) is 5.22. The summed E-state index contributed by atoms with van der Waals surface area (Å²) in [5, 5.41) is 23.2. The Morgan fingerprint density at radius 3 is 2.31 bits per heavy atom. The number of hydroxylamine groups is 2. The molecule has 8 heteroatoms. The van der Waals surface area contributed by atoms with E-state index in [4.69, 9.17) is 17.2 Å². The molecule has 0 saturated carbocycles. The van der Waals surface area contributed by atoms with Crippen molar-refractivity contribution in [3.8, 4) is 0 Å². The van der Waals surface area contributed by atoms with Gasteiger partial charge in [0.05, 0.1) is 0 Å². The molecule has 0 aromatic rings. The van der Waals surface area contributed by atoms with Gasteiger partial charge in [0.1, 0.15) is 11.7 Å². The fourth-order valence-corrected chi connectivity index (χ4v) is 2.17. The van der Waals surface area contributed by atoms with Crippen molar-refractivity contribution < 1.29 is 9.72 Å². The smallest absolute Gasteiger partial charge is 0.355 e. The molecular formula is C8H16N6O2. The largest absolute Gasteiger partial charge is 0.658 e. The summed E-state index contributed by atoms with van der Waals surface area (Å²) in [4.78, 5) is 2.20. The molecule has 2 aliphatic heterocycles. The second kappa shape index (κ2) is 3.80. The zero-order valence-electron chi connectivity index (χ0n) is 8.87. The predicted molar refractivity (Wildman–Crippen MR) is 55.2 cm³/mol. The standard InChI is InChI=1S/C8H16N6O2/c9-5-6(10)8(12-3-1-2-4-12)14(16)13(15)7(5)11/h6,8H,1-4,9-11H2. The summed E-state index contributed by atoms with van der Waals surface area (Å²) in [5.41, 5.74) is 16.9. The average Bonchev–Trinajstić information content (AvgIpc) is 2.77. The van der Waals surface area contributed by atoms with E-state index in [1.807, 2.05) is 4.90 Å². The van der Waals surface area contributed by atoms with Crippen molar-refractivity contribution in [1.29, 1.82) is 0 Å². The van der Waals surface area contributed by atoms with E-state index >= 15 is 0 Å². The van der Waals surface area contributed by atoms with Crippen LogP contribution in [0.1, 0.15) is 12.8 Å². The lowest BCUT2D eigenvalue weighted by atomic mass is 10.1. The summed E-state index contributed by atoms with van der Waals surface area (Å²) in [6.07, 6.45) is 1.25. The van der Waals surface area contributed by atoms with Gasteiger partial charge in [-0.2, -0.15) is 0 Å². The van der Waals surface area contributed by atoms with Gasteiger partial charge in [0.15, 0.2) is 0 Å². The Morgan fingerprint density at radius 2 is 1.75 bits per heavy atom. The van der Waals surface area contributed by atoms with Gasteiger partial charge in [-0.15, -0.1) is 0 Å². The van der Waals surface area contributed by atoms with Crippen LogP contribution >= 0.6 is 0 Å². The van der Waals surface area contributed by atoms with Crippen molar-refractivity contribution >= 4 is 0 Å². The number of hydrogen-bond acceptors (Lipinski definition) is 6. The molecule has 0 spiro atoms. The van der Waals surface area contributed by atoms with Crippen molar-refractivity contribution in [2.24, 2.45) is 17.2 Å². The topological polar surface area (TPSA) is 133 Å². The van der Waals surface area contributed by atoms with Gasteiger partial charge in [0.25, 0.3) is 6.17 Å². The van der Waals surface area contributed by atoms with Crippen LogP contribution in [-0.4, -0.2) is 39.9 Å². The van der Waals surface area contributed by atoms with E-state index in [1.54, 1.807) is 0 Å². The molecule has 16 heavy (non-hydrogen) atoms. The van der Waals surface area contributed by atoms with E-state index in [1.165, 1.54) is 0 Å². The first-order chi connectivity index (χ1) is 7.54. The monoisotopic (exact) mass is 228 g/mol. The lowest BCUT2D eigenvalue weighted by Crippen LogP contribution is -2.59. The normalized spacial score (nSPS) is 32.6. The van der Waals surface area contributed by atoms with Crippen molar-refractivity contribution in [2.45, 2.75) is 25.0 Å². The summed E-state index contributed by atoms with van der Waals surface area (Å²) in [7, 11) is 0. The Hall–Kier alpha value is -1.54. The van der Waals surface area contributed by atoms with Gasteiger partial charge < -0.3 is 21.9 Å². The zero-order chi connectivity index (χ0) is 11.9. The molecule has 0 radical (unpaired) electrons. The molecule has 2 unspecified atom stereocenters. The SMILES string of the molecule is NC1=C(N)[N+]([O-])=[N+]([O-])C(N2CCCC2)C1N. The molecule has 0 aliphatic carbocycles. The summed E-state index contributed by atoms with van der Waals surface area (Å²) in [6, 6.07) is -0.721. The van der Waals surface area contributed by atoms with Crippen molar-refractivity contribution in [3.63, 3.8) is 0 Å². The highest BCUT2D eigenvalue weighted by Gasteiger charge is 2.44. The Morgan fingerprint density at radius 1 is 1.19 bits per heavy atom. The van der Waals surface area contributed by atoms with E-state index < -0.39 is 12.2 Å². The number of nitrogens with two attached hydrogens (primary N) is 3. The third kappa shape index (κ3) is 1.46. The van der Waals surface area contributed by atoms with E-state index in [-0.39, 0.29) is 21.2 Å². The second-order valence-corrected chi connectivity index (χ2v) is 4.10. The molecule has 2 heterocycles. The van der Waals surface area contributed by atoms with Crippen LogP contribution in [0.5, 0.6) is 0 Å². The van der Waals surface area contributed by atoms with E-state index in [0.29, 0.717) is 0 Å². The molecule has 0 aromatic carbocycles. The Bertz CT molecular complexity index is 360. The fourth-order valence-electron chi connectivity index (χ4n) is 2.17. The third-order valence-electron chi connectivity index (χ3n) is 3.10. The maximum absolute atomic E-state index is 11.7. The molecule has 0 aromatic heterocycles. The van der Waals surface area contributed by atoms with Crippen LogP contribution in [-0.2, 0) is 0 Å². The molecule has 90 valence electrons. The Labute approximate surface area is 92.7 Å². The van der Waals surface area contributed by atoms with Crippen LogP contribution in [0.4, 0.5) is 0 Å². The molecule has 0 amide bonds. The van der Waals surface area contributed by atoms with Gasteiger partial charge >= 0.3 is 5.82 Å². The van der Waals surface area contributed by atoms with Gasteiger partial charge in [-0.3, -0.25) is 5.73 Å².